The number of carbonyl (C=O) groups excluding carboxylic acids is 2. The second-order valence-electron chi connectivity index (χ2n) is 3.64. The van der Waals surface area contributed by atoms with Gasteiger partial charge in [0.2, 0.25) is 5.91 Å². The number of hydrogen-bond donors (Lipinski definition) is 3. The number of hydrogen-bond acceptors (Lipinski definition) is 5. The van der Waals surface area contributed by atoms with Crippen LogP contribution in [0.15, 0.2) is 23.2 Å². The molecule has 7 nitrogen and oxygen atoms in total. The lowest BCUT2D eigenvalue weighted by molar-refractivity contribution is -0.140. The van der Waals surface area contributed by atoms with Crippen LogP contribution in [0.3, 0.4) is 0 Å². The summed E-state index contributed by atoms with van der Waals surface area (Å²) < 4.78 is 0. The van der Waals surface area contributed by atoms with Crippen molar-refractivity contribution in [1.29, 1.82) is 0 Å². The fourth-order valence-corrected chi connectivity index (χ4v) is 2.17. The Kier molecular flexibility index (Phi) is 5.31. The standard InChI is InChI=1S/C11H13N3O4S/c1-6(15)14-9(11(17)18)5-19-7-2-3-13-8(4-7)10(12)16/h2-4,9H,5H2,1H3,(H2,12,16)(H,14,15)(H,17,18). The van der Waals surface area contributed by atoms with Crippen molar-refractivity contribution in [2.24, 2.45) is 5.73 Å². The summed E-state index contributed by atoms with van der Waals surface area (Å²) in [5.74, 6) is -2.05. The Hall–Kier alpha value is -2.09. The average Bonchev–Trinajstić information content (AvgIpc) is 2.34. The summed E-state index contributed by atoms with van der Waals surface area (Å²) in [4.78, 5) is 37.1. The molecule has 0 aliphatic carbocycles. The number of rotatable bonds is 6. The van der Waals surface area contributed by atoms with Gasteiger partial charge in [-0.2, -0.15) is 0 Å². The molecule has 1 aromatic heterocycles. The highest BCUT2D eigenvalue weighted by atomic mass is 32.2. The van der Waals surface area contributed by atoms with Crippen molar-refractivity contribution < 1.29 is 19.5 Å². The van der Waals surface area contributed by atoms with Crippen LogP contribution in [0.5, 0.6) is 0 Å². The van der Waals surface area contributed by atoms with Gasteiger partial charge < -0.3 is 16.2 Å². The van der Waals surface area contributed by atoms with Crippen molar-refractivity contribution in [3.8, 4) is 0 Å². The minimum absolute atomic E-state index is 0.108. The third-order valence-electron chi connectivity index (χ3n) is 2.08. The van der Waals surface area contributed by atoms with Crippen LogP contribution in [0.1, 0.15) is 17.4 Å². The lowest BCUT2D eigenvalue weighted by atomic mass is 10.3. The summed E-state index contributed by atoms with van der Waals surface area (Å²) in [7, 11) is 0. The first-order valence-corrected chi connectivity index (χ1v) is 6.27. The molecule has 4 N–H and O–H groups in total. The summed E-state index contributed by atoms with van der Waals surface area (Å²) in [6, 6.07) is 2.11. The molecule has 0 aliphatic rings. The van der Waals surface area contributed by atoms with Crippen LogP contribution in [0.25, 0.3) is 0 Å². The maximum atomic E-state index is 10.9. The predicted octanol–water partition coefficient (Wildman–Crippen LogP) is -0.138. The lowest BCUT2D eigenvalue weighted by Gasteiger charge is -2.12. The highest BCUT2D eigenvalue weighted by Crippen LogP contribution is 2.19. The highest BCUT2D eigenvalue weighted by molar-refractivity contribution is 7.99. The Balaban J connectivity index is 2.68. The highest BCUT2D eigenvalue weighted by Gasteiger charge is 2.18. The zero-order chi connectivity index (χ0) is 14.4. The minimum Gasteiger partial charge on any atom is -0.480 e. The molecule has 0 fully saturated rings. The Bertz CT molecular complexity index is 506. The molecule has 1 rings (SSSR count). The van der Waals surface area contributed by atoms with Gasteiger partial charge in [0.05, 0.1) is 0 Å². The van der Waals surface area contributed by atoms with Crippen molar-refractivity contribution in [2.45, 2.75) is 17.9 Å². The van der Waals surface area contributed by atoms with Crippen molar-refractivity contribution in [2.75, 3.05) is 5.75 Å². The molecule has 0 bridgehead atoms. The topological polar surface area (TPSA) is 122 Å². The first kappa shape index (κ1) is 15.0. The van der Waals surface area contributed by atoms with Gasteiger partial charge in [-0.05, 0) is 12.1 Å². The number of primary amides is 1. The van der Waals surface area contributed by atoms with Crippen molar-refractivity contribution in [1.82, 2.24) is 10.3 Å². The summed E-state index contributed by atoms with van der Waals surface area (Å²) in [5.41, 5.74) is 5.20. The van der Waals surface area contributed by atoms with Crippen LogP contribution < -0.4 is 11.1 Å². The molecule has 1 unspecified atom stereocenters. The van der Waals surface area contributed by atoms with Gasteiger partial charge in [0.1, 0.15) is 11.7 Å². The Morgan fingerprint density at radius 2 is 2.21 bits per heavy atom. The zero-order valence-electron chi connectivity index (χ0n) is 10.1. The van der Waals surface area contributed by atoms with E-state index in [4.69, 9.17) is 10.8 Å². The van der Waals surface area contributed by atoms with Gasteiger partial charge in [-0.3, -0.25) is 14.6 Å². The summed E-state index contributed by atoms with van der Waals surface area (Å²) in [6.45, 7) is 1.25. The van der Waals surface area contributed by atoms with E-state index >= 15 is 0 Å². The normalized spacial score (nSPS) is 11.6. The Morgan fingerprint density at radius 3 is 2.74 bits per heavy atom. The number of nitrogens with one attached hydrogen (secondary N) is 1. The second-order valence-corrected chi connectivity index (χ2v) is 4.74. The third-order valence-corrected chi connectivity index (χ3v) is 3.16. The van der Waals surface area contributed by atoms with E-state index in [1.807, 2.05) is 0 Å². The zero-order valence-corrected chi connectivity index (χ0v) is 10.9. The van der Waals surface area contributed by atoms with E-state index in [9.17, 15) is 14.4 Å². The largest absolute Gasteiger partial charge is 0.480 e. The van der Waals surface area contributed by atoms with Gasteiger partial charge in [-0.15, -0.1) is 11.8 Å². The van der Waals surface area contributed by atoms with E-state index in [0.717, 1.165) is 0 Å². The van der Waals surface area contributed by atoms with Crippen LogP contribution in [0.4, 0.5) is 0 Å². The minimum atomic E-state index is -1.12. The fourth-order valence-electron chi connectivity index (χ4n) is 1.24. The molecule has 1 heterocycles. The number of aromatic nitrogens is 1. The second kappa shape index (κ2) is 6.74. The van der Waals surface area contributed by atoms with E-state index in [1.54, 1.807) is 6.07 Å². The Labute approximate surface area is 113 Å². The van der Waals surface area contributed by atoms with Gasteiger partial charge in [0, 0.05) is 23.8 Å². The quantitative estimate of drug-likeness (QED) is 0.625. The molecule has 19 heavy (non-hydrogen) atoms. The van der Waals surface area contributed by atoms with Gasteiger partial charge in [0.15, 0.2) is 0 Å². The molecule has 0 aliphatic heterocycles. The maximum absolute atomic E-state index is 10.9. The van der Waals surface area contributed by atoms with Crippen molar-refractivity contribution in [3.63, 3.8) is 0 Å². The molecule has 102 valence electrons. The van der Waals surface area contributed by atoms with Gasteiger partial charge in [0.25, 0.3) is 5.91 Å². The smallest absolute Gasteiger partial charge is 0.327 e. The number of aliphatic carboxylic acids is 1. The first-order valence-electron chi connectivity index (χ1n) is 5.28. The number of pyridine rings is 1. The monoisotopic (exact) mass is 283 g/mol. The molecule has 1 aromatic rings. The van der Waals surface area contributed by atoms with Crippen LogP contribution in [-0.4, -0.2) is 39.7 Å². The maximum Gasteiger partial charge on any atom is 0.327 e. The van der Waals surface area contributed by atoms with Crippen LogP contribution in [0.2, 0.25) is 0 Å². The van der Waals surface area contributed by atoms with Crippen LogP contribution in [-0.2, 0) is 9.59 Å². The molecule has 0 spiro atoms. The third kappa shape index (κ3) is 4.96. The van der Waals surface area contributed by atoms with Gasteiger partial charge in [-0.1, -0.05) is 0 Å². The Morgan fingerprint density at radius 1 is 1.53 bits per heavy atom. The van der Waals surface area contributed by atoms with E-state index < -0.39 is 23.8 Å². The SMILES string of the molecule is CC(=O)NC(CSc1ccnc(C(N)=O)c1)C(=O)O. The van der Waals surface area contributed by atoms with E-state index in [1.165, 1.54) is 30.9 Å². The summed E-state index contributed by atoms with van der Waals surface area (Å²) >= 11 is 1.19. The number of amides is 2. The molecular formula is C11H13N3O4S. The molecule has 0 radical (unpaired) electrons. The number of nitrogens with two attached hydrogens (primary N) is 1. The average molecular weight is 283 g/mol. The molecule has 8 heteroatoms. The van der Waals surface area contributed by atoms with Crippen molar-refractivity contribution in [3.05, 3.63) is 24.0 Å². The number of carboxylic acid groups (broad SMARTS) is 1. The lowest BCUT2D eigenvalue weighted by Crippen LogP contribution is -2.41. The molecule has 0 saturated heterocycles. The number of carboxylic acids is 1. The molecule has 2 amide bonds. The number of carbonyl (C=O) groups is 3. The fraction of sp³-hybridized carbons (Fsp3) is 0.273. The van der Waals surface area contributed by atoms with Crippen molar-refractivity contribution >= 4 is 29.5 Å². The van der Waals surface area contributed by atoms with Crippen LogP contribution >= 0.6 is 11.8 Å². The predicted molar refractivity (Wildman–Crippen MR) is 68.7 cm³/mol. The summed E-state index contributed by atoms with van der Waals surface area (Å²) in [5, 5.41) is 11.2. The van der Waals surface area contributed by atoms with E-state index in [2.05, 4.69) is 10.3 Å². The summed E-state index contributed by atoms with van der Waals surface area (Å²) in [6.07, 6.45) is 1.41. The molecule has 0 aromatic carbocycles. The van der Waals surface area contributed by atoms with Crippen LogP contribution in [0, 0.1) is 0 Å². The molecule has 1 atom stereocenters. The van der Waals surface area contributed by atoms with Gasteiger partial charge in [-0.25, -0.2) is 4.79 Å². The number of thioether (sulfide) groups is 1. The van der Waals surface area contributed by atoms with E-state index in [-0.39, 0.29) is 11.4 Å². The number of nitrogens with zero attached hydrogens (tertiary/aromatic N) is 1. The first-order chi connectivity index (χ1) is 8.90. The van der Waals surface area contributed by atoms with Gasteiger partial charge >= 0.3 is 5.97 Å². The van der Waals surface area contributed by atoms with E-state index in [0.29, 0.717) is 4.90 Å². The molecule has 0 saturated carbocycles. The molecular weight excluding hydrogens is 270 g/mol.